The molecule has 45 heavy (non-hydrogen) atoms. The molecular weight excluding hydrogens is 648 g/mol. The fraction of sp³-hybridized carbons (Fsp3) is 0.476. The fourth-order valence-electron chi connectivity index (χ4n) is 5.46. The van der Waals surface area contributed by atoms with Gasteiger partial charge >= 0.3 is 15.6 Å². The van der Waals surface area contributed by atoms with Crippen molar-refractivity contribution in [2.24, 2.45) is 0 Å². The van der Waals surface area contributed by atoms with Crippen molar-refractivity contribution >= 4 is 44.1 Å². The molecule has 242 valence electrons. The summed E-state index contributed by atoms with van der Waals surface area (Å²) in [7, 11) is -10.1. The van der Waals surface area contributed by atoms with E-state index in [9.17, 15) is 33.9 Å². The van der Waals surface area contributed by atoms with E-state index in [0.29, 0.717) is 5.52 Å². The predicted octanol–water partition coefficient (Wildman–Crippen LogP) is -1.90. The van der Waals surface area contributed by atoms with Gasteiger partial charge in [0.2, 0.25) is 5.95 Å². The number of imidazole rings is 1. The van der Waals surface area contributed by atoms with Crippen LogP contribution in [0.2, 0.25) is 0 Å². The average molecular weight is 673 g/mol. The molecule has 9 N–H and O–H groups in total. The average Bonchev–Trinajstić information content (AvgIpc) is 3.72. The first kappa shape index (κ1) is 30.3. The van der Waals surface area contributed by atoms with Crippen molar-refractivity contribution < 1.29 is 56.7 Å². The van der Waals surface area contributed by atoms with Crippen molar-refractivity contribution in [3.8, 4) is 0 Å². The van der Waals surface area contributed by atoms with Gasteiger partial charge in [0.05, 0.1) is 25.2 Å². The quantitative estimate of drug-likeness (QED) is 0.114. The highest BCUT2D eigenvalue weighted by atomic mass is 31.2. The number of anilines is 2. The van der Waals surface area contributed by atoms with Crippen LogP contribution < -0.4 is 17.0 Å². The third-order valence-corrected chi connectivity index (χ3v) is 9.46. The van der Waals surface area contributed by atoms with Crippen LogP contribution >= 0.6 is 15.6 Å². The molecule has 24 heteroatoms. The summed E-state index contributed by atoms with van der Waals surface area (Å²) in [4.78, 5) is 47.7. The second kappa shape index (κ2) is 10.9. The zero-order valence-electron chi connectivity index (χ0n) is 22.5. The molecule has 3 aliphatic heterocycles. The number of hydrogen-bond donors (Lipinski definition) is 7. The van der Waals surface area contributed by atoms with E-state index in [0.717, 1.165) is 10.9 Å². The second-order valence-corrected chi connectivity index (χ2v) is 13.1. The lowest BCUT2D eigenvalue weighted by atomic mass is 10.1. The standard InChI is InChI=1S/C21H25N9O13P2/c22-17-8-2-1-7(30(8)26-5-24-17)14-13(32)15-10(40-14)4-39-45(36,37)43-16-12(31)9(3-38-44(34,35)42-15)41-20(16)29-6-25-11-18(29)27-21(23)28-19(11)33/h1-2,5-6,9-10,12-16,20,31-32H,3-4H2,(H,34,35)(H,36,37)(H2,22,24,26)(H3,23,27,28,33)/t9-,10?,12-,13+,14+,15-,16-,20-/m1/s1. The number of phosphoric ester groups is 2. The van der Waals surface area contributed by atoms with E-state index < -0.39 is 83.4 Å². The van der Waals surface area contributed by atoms with Gasteiger partial charge in [-0.3, -0.25) is 32.4 Å². The number of aromatic nitrogens is 7. The lowest BCUT2D eigenvalue weighted by molar-refractivity contribution is -0.0637. The first-order valence-corrected chi connectivity index (χ1v) is 16.1. The first-order valence-electron chi connectivity index (χ1n) is 13.1. The van der Waals surface area contributed by atoms with Gasteiger partial charge in [-0.1, -0.05) is 0 Å². The third-order valence-electron chi connectivity index (χ3n) is 7.49. The van der Waals surface area contributed by atoms with E-state index in [4.69, 9.17) is 39.0 Å². The van der Waals surface area contributed by atoms with Crippen molar-refractivity contribution in [1.82, 2.24) is 34.1 Å². The Kier molecular flexibility index (Phi) is 7.32. The van der Waals surface area contributed by atoms with Gasteiger partial charge < -0.3 is 40.9 Å². The molecule has 3 saturated heterocycles. The van der Waals surface area contributed by atoms with Gasteiger partial charge in [0.1, 0.15) is 54.6 Å². The van der Waals surface area contributed by atoms with Crippen molar-refractivity contribution in [3.63, 3.8) is 0 Å². The lowest BCUT2D eigenvalue weighted by Gasteiger charge is -2.25. The summed E-state index contributed by atoms with van der Waals surface area (Å²) in [6.07, 6.45) is -10.1. The van der Waals surface area contributed by atoms with Gasteiger partial charge in [0.25, 0.3) is 5.56 Å². The van der Waals surface area contributed by atoms with Gasteiger partial charge in [0, 0.05) is 0 Å². The number of aliphatic hydroxyl groups excluding tert-OH is 2. The van der Waals surface area contributed by atoms with E-state index in [1.807, 2.05) is 0 Å². The third kappa shape index (κ3) is 5.33. The highest BCUT2D eigenvalue weighted by molar-refractivity contribution is 7.47. The fourth-order valence-corrected chi connectivity index (χ4v) is 7.36. The number of phosphoric acid groups is 2. The van der Waals surface area contributed by atoms with Crippen LogP contribution in [0.5, 0.6) is 0 Å². The molecule has 7 heterocycles. The lowest BCUT2D eigenvalue weighted by Crippen LogP contribution is -2.36. The van der Waals surface area contributed by atoms with E-state index in [1.165, 1.54) is 16.9 Å². The molecule has 0 spiro atoms. The maximum absolute atomic E-state index is 13.2. The highest BCUT2D eigenvalue weighted by Crippen LogP contribution is 2.54. The maximum atomic E-state index is 13.2. The number of aromatic amines is 1. The Balaban J connectivity index is 1.21. The summed E-state index contributed by atoms with van der Waals surface area (Å²) < 4.78 is 61.3. The van der Waals surface area contributed by atoms with Crippen molar-refractivity contribution in [2.75, 3.05) is 24.7 Å². The number of nitrogens with two attached hydrogens (primary N) is 2. The maximum Gasteiger partial charge on any atom is 0.472 e. The van der Waals surface area contributed by atoms with E-state index in [1.54, 1.807) is 6.07 Å². The number of rotatable bonds is 2. The van der Waals surface area contributed by atoms with E-state index in [-0.39, 0.29) is 28.6 Å². The second-order valence-electron chi connectivity index (χ2n) is 10.3. The number of nitrogens with one attached hydrogen (secondary N) is 1. The van der Waals surface area contributed by atoms with Crippen molar-refractivity contribution in [1.29, 1.82) is 0 Å². The largest absolute Gasteiger partial charge is 0.472 e. The molecule has 0 radical (unpaired) electrons. The summed E-state index contributed by atoms with van der Waals surface area (Å²) in [5.41, 5.74) is 11.2. The molecule has 3 fully saturated rings. The van der Waals surface area contributed by atoms with Gasteiger partial charge in [-0.2, -0.15) is 10.1 Å². The number of nitrogens with zero attached hydrogens (tertiary/aromatic N) is 6. The Morgan fingerprint density at radius 1 is 0.956 bits per heavy atom. The van der Waals surface area contributed by atoms with E-state index >= 15 is 0 Å². The Labute approximate surface area is 249 Å². The summed E-state index contributed by atoms with van der Waals surface area (Å²) in [5.74, 6) is -0.151. The molecule has 7 rings (SSSR count). The number of nitrogen functional groups attached to an aromatic ring is 2. The number of fused-ring (bicyclic) bond motifs is 5. The molecule has 10 atom stereocenters. The van der Waals surface area contributed by atoms with Crippen molar-refractivity contribution in [2.45, 2.75) is 49.0 Å². The van der Waals surface area contributed by atoms with Crippen LogP contribution in [0, 0.1) is 0 Å². The summed E-state index contributed by atoms with van der Waals surface area (Å²) >= 11 is 0. The van der Waals surface area contributed by atoms with Gasteiger partial charge in [-0.15, -0.1) is 0 Å². The Bertz CT molecular complexity index is 1930. The molecule has 4 aromatic heterocycles. The van der Waals surface area contributed by atoms with Crippen LogP contribution in [0.15, 0.2) is 29.6 Å². The zero-order chi connectivity index (χ0) is 31.8. The topological polar surface area (TPSA) is 316 Å². The number of ether oxygens (including phenoxy) is 2. The minimum absolute atomic E-state index is 0.123. The first-order chi connectivity index (χ1) is 21.3. The minimum atomic E-state index is -5.10. The molecule has 3 aliphatic rings. The molecule has 2 bridgehead atoms. The molecule has 22 nitrogen and oxygen atoms in total. The Hall–Kier alpha value is -3.37. The molecule has 0 aromatic carbocycles. The van der Waals surface area contributed by atoms with Gasteiger partial charge in [0.15, 0.2) is 23.2 Å². The molecule has 3 unspecified atom stereocenters. The van der Waals surface area contributed by atoms with Crippen LogP contribution in [0.25, 0.3) is 16.7 Å². The van der Waals surface area contributed by atoms with Gasteiger partial charge in [-0.25, -0.2) is 23.6 Å². The zero-order valence-corrected chi connectivity index (χ0v) is 24.3. The smallest absolute Gasteiger partial charge is 0.387 e. The Morgan fingerprint density at radius 3 is 2.42 bits per heavy atom. The summed E-state index contributed by atoms with van der Waals surface area (Å²) in [6.45, 7) is -1.62. The molecule has 4 aromatic rings. The Morgan fingerprint density at radius 2 is 1.67 bits per heavy atom. The summed E-state index contributed by atoms with van der Waals surface area (Å²) in [6, 6.07) is 3.08. The van der Waals surface area contributed by atoms with Crippen LogP contribution in [-0.2, 0) is 36.7 Å². The van der Waals surface area contributed by atoms with Crippen molar-refractivity contribution in [3.05, 3.63) is 40.8 Å². The molecule has 0 saturated carbocycles. The molecule has 0 aliphatic carbocycles. The SMILES string of the molecule is Nc1nc2c(ncn2[C@@H]2O[C@@H]3COP(=O)(O)O[C@@H]4C(COP(=O)(O)O[C@@H]2[C@@H]3O)O[C@@H](c2ccc3c(N)ncnn23)[C@@H]4O)c(=O)[nH]1. The number of hydrogen-bond acceptors (Lipinski definition) is 17. The van der Waals surface area contributed by atoms with Crippen LogP contribution in [0.3, 0.4) is 0 Å². The van der Waals surface area contributed by atoms with Crippen LogP contribution in [-0.4, -0.2) is 104 Å². The normalized spacial score (nSPS) is 37.7. The molecule has 0 amide bonds. The minimum Gasteiger partial charge on any atom is -0.387 e. The van der Waals surface area contributed by atoms with Crippen LogP contribution in [0.4, 0.5) is 11.8 Å². The number of aliphatic hydroxyl groups is 2. The monoisotopic (exact) mass is 673 g/mol. The van der Waals surface area contributed by atoms with Gasteiger partial charge in [-0.05, 0) is 12.1 Å². The predicted molar refractivity (Wildman–Crippen MR) is 145 cm³/mol. The number of H-pyrrole nitrogens is 1. The highest BCUT2D eigenvalue weighted by Gasteiger charge is 2.54. The van der Waals surface area contributed by atoms with E-state index in [2.05, 4.69) is 25.0 Å². The van der Waals surface area contributed by atoms with Crippen LogP contribution in [0.1, 0.15) is 18.0 Å². The molecular formula is C21H25N9O13P2. The summed E-state index contributed by atoms with van der Waals surface area (Å²) in [5, 5.41) is 26.3.